The van der Waals surface area contributed by atoms with E-state index in [2.05, 4.69) is 21.3 Å². The minimum atomic E-state index is 0.766. The van der Waals surface area contributed by atoms with Crippen molar-refractivity contribution in [3.63, 3.8) is 0 Å². The molecular weight excluding hydrogens is 258 g/mol. The summed E-state index contributed by atoms with van der Waals surface area (Å²) in [6.07, 6.45) is 0. The molecule has 100 valence electrons. The first-order valence-electron chi connectivity index (χ1n) is 6.25. The fourth-order valence-corrected chi connectivity index (χ4v) is 2.16. The first-order chi connectivity index (χ1) is 9.19. The molecule has 0 aliphatic heterocycles. The van der Waals surface area contributed by atoms with E-state index in [1.54, 1.807) is 0 Å². The highest BCUT2D eigenvalue weighted by Gasteiger charge is 2.05. The van der Waals surface area contributed by atoms with Gasteiger partial charge in [-0.25, -0.2) is 4.98 Å². The van der Waals surface area contributed by atoms with Crippen LogP contribution in [0.4, 0.5) is 5.82 Å². The van der Waals surface area contributed by atoms with Gasteiger partial charge in [0.05, 0.1) is 5.69 Å². The molecule has 4 heteroatoms. The monoisotopic (exact) mass is 275 g/mol. The Morgan fingerprint density at radius 3 is 2.74 bits per heavy atom. The third kappa shape index (κ3) is 3.94. The van der Waals surface area contributed by atoms with Crippen molar-refractivity contribution in [3.05, 3.63) is 58.7 Å². The largest absolute Gasteiger partial charge is 0.355 e. The number of nitrogens with one attached hydrogen (secondary N) is 1. The number of hydrogen-bond donors (Lipinski definition) is 1. The number of nitrogens with zero attached hydrogens (tertiary/aromatic N) is 2. The zero-order chi connectivity index (χ0) is 13.7. The number of aromatic nitrogens is 1. The van der Waals surface area contributed by atoms with Crippen molar-refractivity contribution in [2.75, 3.05) is 19.0 Å². The van der Waals surface area contributed by atoms with Gasteiger partial charge in [-0.2, -0.15) is 0 Å². The van der Waals surface area contributed by atoms with Crippen LogP contribution in [0.3, 0.4) is 0 Å². The first kappa shape index (κ1) is 13.8. The molecule has 0 radical (unpaired) electrons. The van der Waals surface area contributed by atoms with Crippen LogP contribution in [0.15, 0.2) is 42.5 Å². The summed E-state index contributed by atoms with van der Waals surface area (Å²) in [5.74, 6) is 0.965. The van der Waals surface area contributed by atoms with Crippen LogP contribution in [0.2, 0.25) is 5.02 Å². The van der Waals surface area contributed by atoms with E-state index in [4.69, 9.17) is 11.6 Å². The van der Waals surface area contributed by atoms with Crippen molar-refractivity contribution >= 4 is 17.4 Å². The van der Waals surface area contributed by atoms with Gasteiger partial charge in [-0.3, -0.25) is 0 Å². The zero-order valence-corrected chi connectivity index (χ0v) is 12.0. The zero-order valence-electron chi connectivity index (χ0n) is 11.2. The highest BCUT2D eigenvalue weighted by Crippen LogP contribution is 2.16. The van der Waals surface area contributed by atoms with Crippen molar-refractivity contribution in [2.24, 2.45) is 0 Å². The molecule has 0 aliphatic rings. The molecule has 0 bridgehead atoms. The van der Waals surface area contributed by atoms with Crippen molar-refractivity contribution in [1.82, 2.24) is 10.3 Å². The van der Waals surface area contributed by atoms with Gasteiger partial charge in [0.2, 0.25) is 0 Å². The van der Waals surface area contributed by atoms with E-state index >= 15 is 0 Å². The van der Waals surface area contributed by atoms with Crippen LogP contribution in [0.5, 0.6) is 0 Å². The van der Waals surface area contributed by atoms with Gasteiger partial charge in [0.1, 0.15) is 5.82 Å². The van der Waals surface area contributed by atoms with E-state index in [0.717, 1.165) is 29.6 Å². The quantitative estimate of drug-likeness (QED) is 0.909. The van der Waals surface area contributed by atoms with Crippen molar-refractivity contribution in [2.45, 2.75) is 13.1 Å². The highest BCUT2D eigenvalue weighted by atomic mass is 35.5. The molecule has 0 amide bonds. The fraction of sp³-hybridized carbons (Fsp3) is 0.267. The van der Waals surface area contributed by atoms with Gasteiger partial charge in [0.25, 0.3) is 0 Å². The third-order valence-corrected chi connectivity index (χ3v) is 3.08. The molecule has 0 saturated heterocycles. The summed E-state index contributed by atoms with van der Waals surface area (Å²) in [6.45, 7) is 1.56. The molecule has 1 N–H and O–H groups in total. The maximum Gasteiger partial charge on any atom is 0.128 e. The van der Waals surface area contributed by atoms with Crippen molar-refractivity contribution < 1.29 is 0 Å². The Kier molecular flexibility index (Phi) is 4.77. The SMILES string of the molecule is CNCc1cccc(N(C)Cc2cccc(Cl)c2)n1. The smallest absolute Gasteiger partial charge is 0.128 e. The lowest BCUT2D eigenvalue weighted by atomic mass is 10.2. The minimum Gasteiger partial charge on any atom is -0.355 e. The fourth-order valence-electron chi connectivity index (χ4n) is 1.95. The maximum absolute atomic E-state index is 6.00. The molecule has 2 aromatic rings. The summed E-state index contributed by atoms with van der Waals surface area (Å²) in [4.78, 5) is 6.73. The summed E-state index contributed by atoms with van der Waals surface area (Å²) in [7, 11) is 3.95. The molecule has 1 heterocycles. The molecule has 0 spiro atoms. The molecule has 0 unspecified atom stereocenters. The van der Waals surface area contributed by atoms with Gasteiger partial charge < -0.3 is 10.2 Å². The van der Waals surface area contributed by atoms with Crippen molar-refractivity contribution in [3.8, 4) is 0 Å². The molecular formula is C15H18ClN3. The van der Waals surface area contributed by atoms with Gasteiger partial charge in [-0.15, -0.1) is 0 Å². The molecule has 0 saturated carbocycles. The summed E-state index contributed by atoms with van der Waals surface area (Å²) in [6, 6.07) is 14.0. The summed E-state index contributed by atoms with van der Waals surface area (Å²) in [5.41, 5.74) is 2.22. The summed E-state index contributed by atoms with van der Waals surface area (Å²) >= 11 is 6.00. The van der Waals surface area contributed by atoms with E-state index in [9.17, 15) is 0 Å². The van der Waals surface area contributed by atoms with E-state index < -0.39 is 0 Å². The van der Waals surface area contributed by atoms with E-state index in [1.807, 2.05) is 50.5 Å². The van der Waals surface area contributed by atoms with E-state index in [-0.39, 0.29) is 0 Å². The number of hydrogen-bond acceptors (Lipinski definition) is 3. The number of halogens is 1. The lowest BCUT2D eigenvalue weighted by Gasteiger charge is -2.19. The van der Waals surface area contributed by atoms with Gasteiger partial charge in [0.15, 0.2) is 0 Å². The Labute approximate surface area is 119 Å². The molecule has 3 nitrogen and oxygen atoms in total. The van der Waals surface area contributed by atoms with Crippen LogP contribution in [0, 0.1) is 0 Å². The van der Waals surface area contributed by atoms with Crippen LogP contribution in [-0.4, -0.2) is 19.1 Å². The molecule has 0 atom stereocenters. The van der Waals surface area contributed by atoms with Crippen LogP contribution < -0.4 is 10.2 Å². The van der Waals surface area contributed by atoms with Crippen LogP contribution >= 0.6 is 11.6 Å². The number of pyridine rings is 1. The lowest BCUT2D eigenvalue weighted by Crippen LogP contribution is -2.18. The normalized spacial score (nSPS) is 10.5. The maximum atomic E-state index is 6.00. The van der Waals surface area contributed by atoms with Gasteiger partial charge in [0, 0.05) is 25.2 Å². The molecule has 2 rings (SSSR count). The minimum absolute atomic E-state index is 0.766. The standard InChI is InChI=1S/C15H18ClN3/c1-17-10-14-7-4-8-15(18-14)19(2)11-12-5-3-6-13(16)9-12/h3-9,17H,10-11H2,1-2H3. The van der Waals surface area contributed by atoms with Gasteiger partial charge >= 0.3 is 0 Å². The van der Waals surface area contributed by atoms with Crippen molar-refractivity contribution in [1.29, 1.82) is 0 Å². The second-order valence-corrected chi connectivity index (χ2v) is 4.94. The predicted molar refractivity (Wildman–Crippen MR) is 80.6 cm³/mol. The topological polar surface area (TPSA) is 28.2 Å². The van der Waals surface area contributed by atoms with Gasteiger partial charge in [-0.05, 0) is 36.9 Å². The first-order valence-corrected chi connectivity index (χ1v) is 6.63. The molecule has 19 heavy (non-hydrogen) atoms. The number of benzene rings is 1. The summed E-state index contributed by atoms with van der Waals surface area (Å²) < 4.78 is 0. The Balaban J connectivity index is 2.11. The Bertz CT molecular complexity index is 542. The highest BCUT2D eigenvalue weighted by molar-refractivity contribution is 6.30. The van der Waals surface area contributed by atoms with Gasteiger partial charge in [-0.1, -0.05) is 29.8 Å². The predicted octanol–water partition coefficient (Wildman–Crippen LogP) is 3.09. The molecule has 0 aliphatic carbocycles. The lowest BCUT2D eigenvalue weighted by molar-refractivity contribution is 0.783. The molecule has 0 fully saturated rings. The molecule has 1 aromatic carbocycles. The molecule has 1 aromatic heterocycles. The Morgan fingerprint density at radius 2 is 2.00 bits per heavy atom. The van der Waals surface area contributed by atoms with E-state index in [1.165, 1.54) is 5.56 Å². The average molecular weight is 276 g/mol. The average Bonchev–Trinajstić information content (AvgIpc) is 2.39. The number of rotatable bonds is 5. The van der Waals surface area contributed by atoms with Crippen LogP contribution in [0.1, 0.15) is 11.3 Å². The Hall–Kier alpha value is -1.58. The second kappa shape index (κ2) is 6.55. The Morgan fingerprint density at radius 1 is 1.21 bits per heavy atom. The summed E-state index contributed by atoms with van der Waals surface area (Å²) in [5, 5.41) is 3.88. The van der Waals surface area contributed by atoms with Crippen LogP contribution in [-0.2, 0) is 13.1 Å². The number of anilines is 1. The van der Waals surface area contributed by atoms with E-state index in [0.29, 0.717) is 0 Å². The van der Waals surface area contributed by atoms with Crippen LogP contribution in [0.25, 0.3) is 0 Å². The third-order valence-electron chi connectivity index (χ3n) is 2.85. The second-order valence-electron chi connectivity index (χ2n) is 4.50.